The molecule has 1 aliphatic rings. The van der Waals surface area contributed by atoms with Crippen molar-refractivity contribution in [1.29, 1.82) is 0 Å². The Morgan fingerprint density at radius 1 is 1.06 bits per heavy atom. The molecule has 0 aliphatic carbocycles. The highest BCUT2D eigenvalue weighted by atomic mass is 32.2. The van der Waals surface area contributed by atoms with Crippen LogP contribution in [0, 0.1) is 0 Å². The molecule has 0 unspecified atom stereocenters. The van der Waals surface area contributed by atoms with Crippen LogP contribution in [0.1, 0.15) is 18.5 Å². The number of rotatable bonds is 8. The second-order valence-electron chi connectivity index (χ2n) is 8.32. The number of amides is 1. The van der Waals surface area contributed by atoms with Gasteiger partial charge in [0.05, 0.1) is 29.3 Å². The maximum Gasteiger partial charge on any atom is 0.262 e. The van der Waals surface area contributed by atoms with Gasteiger partial charge in [-0.15, -0.1) is 0 Å². The number of para-hydroxylation sites is 1. The number of piperazine rings is 1. The van der Waals surface area contributed by atoms with Gasteiger partial charge < -0.3 is 9.64 Å². The second kappa shape index (κ2) is 11.0. The Labute approximate surface area is 198 Å². The molecule has 0 saturated carbocycles. The smallest absolute Gasteiger partial charge is 0.262 e. The van der Waals surface area contributed by atoms with Crippen LogP contribution in [-0.4, -0.2) is 70.9 Å². The van der Waals surface area contributed by atoms with Crippen LogP contribution in [0.5, 0.6) is 0 Å². The first-order valence-corrected chi connectivity index (χ1v) is 12.2. The fourth-order valence-corrected chi connectivity index (χ4v) is 5.15. The highest BCUT2D eigenvalue weighted by molar-refractivity contribution is 7.99. The molecular weight excluding hydrogens is 436 g/mol. The van der Waals surface area contributed by atoms with Crippen molar-refractivity contribution in [3.8, 4) is 0 Å². The number of fused-ring (bicyclic) bond motifs is 1. The predicted octanol–water partition coefficient (Wildman–Crippen LogP) is 3.04. The van der Waals surface area contributed by atoms with Crippen LogP contribution in [0.4, 0.5) is 0 Å². The van der Waals surface area contributed by atoms with E-state index in [-0.39, 0.29) is 23.3 Å². The molecule has 1 atom stereocenters. The van der Waals surface area contributed by atoms with Gasteiger partial charge in [0.2, 0.25) is 5.91 Å². The maximum absolute atomic E-state index is 13.2. The van der Waals surface area contributed by atoms with Crippen molar-refractivity contribution >= 4 is 28.6 Å². The molecule has 7 nitrogen and oxygen atoms in total. The van der Waals surface area contributed by atoms with E-state index >= 15 is 0 Å². The molecule has 0 bridgehead atoms. The van der Waals surface area contributed by atoms with Crippen LogP contribution in [0.25, 0.3) is 10.9 Å². The first-order valence-electron chi connectivity index (χ1n) is 11.2. The minimum atomic E-state index is -0.182. The van der Waals surface area contributed by atoms with E-state index < -0.39 is 0 Å². The van der Waals surface area contributed by atoms with E-state index in [0.717, 1.165) is 19.6 Å². The fourth-order valence-electron chi connectivity index (χ4n) is 4.15. The average molecular weight is 467 g/mol. The van der Waals surface area contributed by atoms with Gasteiger partial charge >= 0.3 is 0 Å². The fraction of sp³-hybridized carbons (Fsp3) is 0.400. The van der Waals surface area contributed by atoms with Crippen LogP contribution >= 0.6 is 11.8 Å². The van der Waals surface area contributed by atoms with Crippen LogP contribution < -0.4 is 5.56 Å². The Bertz CT molecular complexity index is 1140. The number of carbonyl (C=O) groups is 1. The minimum absolute atomic E-state index is 0.0766. The molecule has 1 saturated heterocycles. The molecule has 3 aromatic rings. The zero-order chi connectivity index (χ0) is 23.2. The Morgan fingerprint density at radius 3 is 2.48 bits per heavy atom. The highest BCUT2D eigenvalue weighted by Gasteiger charge is 2.23. The molecule has 2 heterocycles. The molecule has 174 valence electrons. The van der Waals surface area contributed by atoms with Gasteiger partial charge in [-0.25, -0.2) is 4.98 Å². The average Bonchev–Trinajstić information content (AvgIpc) is 2.84. The monoisotopic (exact) mass is 466 g/mol. The molecule has 33 heavy (non-hydrogen) atoms. The largest absolute Gasteiger partial charge is 0.383 e. The maximum atomic E-state index is 13.2. The summed E-state index contributed by atoms with van der Waals surface area (Å²) in [5, 5.41) is 1.13. The van der Waals surface area contributed by atoms with Gasteiger partial charge in [-0.3, -0.25) is 19.1 Å². The van der Waals surface area contributed by atoms with Crippen LogP contribution in [0.15, 0.2) is 64.5 Å². The third-order valence-corrected chi connectivity index (χ3v) is 6.86. The number of hydrogen-bond acceptors (Lipinski definition) is 6. The van der Waals surface area contributed by atoms with Crippen molar-refractivity contribution < 1.29 is 9.53 Å². The summed E-state index contributed by atoms with van der Waals surface area (Å²) in [5.74, 6) is 0.330. The first-order chi connectivity index (χ1) is 16.1. The van der Waals surface area contributed by atoms with Crippen molar-refractivity contribution in [2.45, 2.75) is 24.7 Å². The Balaban J connectivity index is 1.41. The van der Waals surface area contributed by atoms with E-state index in [4.69, 9.17) is 9.72 Å². The van der Waals surface area contributed by atoms with Crippen molar-refractivity contribution in [3.63, 3.8) is 0 Å². The summed E-state index contributed by atoms with van der Waals surface area (Å²) in [6.45, 7) is 6.37. The molecule has 2 aromatic carbocycles. The lowest BCUT2D eigenvalue weighted by molar-refractivity contribution is -0.130. The lowest BCUT2D eigenvalue weighted by atomic mass is 10.2. The van der Waals surface area contributed by atoms with E-state index in [1.807, 2.05) is 36.1 Å². The Hall–Kier alpha value is -2.68. The van der Waals surface area contributed by atoms with Gasteiger partial charge in [0, 0.05) is 39.8 Å². The molecule has 1 amide bonds. The summed E-state index contributed by atoms with van der Waals surface area (Å²) in [6.07, 6.45) is 0. The topological polar surface area (TPSA) is 67.7 Å². The number of hydrogen-bond donors (Lipinski definition) is 0. The van der Waals surface area contributed by atoms with Gasteiger partial charge in [-0.1, -0.05) is 54.2 Å². The highest BCUT2D eigenvalue weighted by Crippen LogP contribution is 2.22. The first kappa shape index (κ1) is 23.5. The van der Waals surface area contributed by atoms with Crippen molar-refractivity contribution in [1.82, 2.24) is 19.4 Å². The summed E-state index contributed by atoms with van der Waals surface area (Å²) in [7, 11) is 1.61. The number of aromatic nitrogens is 2. The summed E-state index contributed by atoms with van der Waals surface area (Å²) < 4.78 is 6.93. The van der Waals surface area contributed by atoms with E-state index in [1.165, 1.54) is 17.3 Å². The number of ether oxygens (including phenoxy) is 1. The number of benzene rings is 2. The van der Waals surface area contributed by atoms with Crippen molar-refractivity contribution in [2.75, 3.05) is 45.6 Å². The Morgan fingerprint density at radius 2 is 1.76 bits per heavy atom. The normalized spacial score (nSPS) is 15.6. The third kappa shape index (κ3) is 5.63. The standard InChI is InChI=1S/C25H30N4O3S/c1-19(17-32-2)29-24(31)21-10-6-7-11-22(21)26-25(29)33-18-23(30)28-14-12-27(13-15-28)16-20-8-4-3-5-9-20/h3-11,19H,12-18H2,1-2H3/t19-/m0/s1. The second-order valence-corrected chi connectivity index (χ2v) is 9.26. The minimum Gasteiger partial charge on any atom is -0.383 e. The van der Waals surface area contributed by atoms with Gasteiger partial charge in [0.1, 0.15) is 0 Å². The molecule has 4 rings (SSSR count). The molecule has 1 aliphatic heterocycles. The van der Waals surface area contributed by atoms with Gasteiger partial charge in [-0.2, -0.15) is 0 Å². The van der Waals surface area contributed by atoms with Crippen molar-refractivity contribution in [3.05, 3.63) is 70.5 Å². The molecular formula is C25H30N4O3S. The van der Waals surface area contributed by atoms with Gasteiger partial charge in [0.25, 0.3) is 5.56 Å². The van der Waals surface area contributed by atoms with E-state index in [2.05, 4.69) is 29.2 Å². The van der Waals surface area contributed by atoms with E-state index in [1.54, 1.807) is 17.7 Å². The zero-order valence-corrected chi connectivity index (χ0v) is 20.0. The molecule has 8 heteroatoms. The lowest BCUT2D eigenvalue weighted by Gasteiger charge is -2.34. The summed E-state index contributed by atoms with van der Waals surface area (Å²) in [4.78, 5) is 35.1. The van der Waals surface area contributed by atoms with Gasteiger partial charge in [0.15, 0.2) is 5.16 Å². The van der Waals surface area contributed by atoms with Crippen LogP contribution in [0.2, 0.25) is 0 Å². The molecule has 0 N–H and O–H groups in total. The van der Waals surface area contributed by atoms with Crippen LogP contribution in [0.3, 0.4) is 0 Å². The van der Waals surface area contributed by atoms with E-state index in [0.29, 0.717) is 35.8 Å². The Kier molecular flexibility index (Phi) is 7.80. The summed E-state index contributed by atoms with van der Waals surface area (Å²) in [6, 6.07) is 17.5. The summed E-state index contributed by atoms with van der Waals surface area (Å²) >= 11 is 1.33. The molecule has 0 radical (unpaired) electrons. The number of nitrogens with zero attached hydrogens (tertiary/aromatic N) is 4. The van der Waals surface area contributed by atoms with Gasteiger partial charge in [-0.05, 0) is 24.6 Å². The number of methoxy groups -OCH3 is 1. The van der Waals surface area contributed by atoms with Crippen molar-refractivity contribution in [2.24, 2.45) is 0 Å². The van der Waals surface area contributed by atoms with E-state index in [9.17, 15) is 9.59 Å². The third-order valence-electron chi connectivity index (χ3n) is 5.92. The predicted molar refractivity (Wildman–Crippen MR) is 132 cm³/mol. The number of carbonyl (C=O) groups excluding carboxylic acids is 1. The quantitative estimate of drug-likeness (QED) is 0.376. The lowest BCUT2D eigenvalue weighted by Crippen LogP contribution is -2.48. The zero-order valence-electron chi connectivity index (χ0n) is 19.1. The molecule has 1 fully saturated rings. The van der Waals surface area contributed by atoms with Crippen LogP contribution in [-0.2, 0) is 16.1 Å². The molecule has 0 spiro atoms. The summed E-state index contributed by atoms with van der Waals surface area (Å²) in [5.41, 5.74) is 1.83. The molecule has 1 aromatic heterocycles. The number of thioether (sulfide) groups is 1. The SMILES string of the molecule is COC[C@H](C)n1c(SCC(=O)N2CCN(Cc3ccccc3)CC2)nc2ccccc2c1=O.